The lowest BCUT2D eigenvalue weighted by Crippen LogP contribution is -2.20. The van der Waals surface area contributed by atoms with Crippen LogP contribution in [0.25, 0.3) is 10.9 Å². The number of ether oxygens (including phenoxy) is 1. The minimum atomic E-state index is -1.24. The molecular weight excluding hydrogens is 364 g/mol. The van der Waals surface area contributed by atoms with Crippen molar-refractivity contribution in [3.05, 3.63) is 39.7 Å². The highest BCUT2D eigenvalue weighted by molar-refractivity contribution is 5.94. The lowest BCUT2D eigenvalue weighted by Gasteiger charge is -2.16. The summed E-state index contributed by atoms with van der Waals surface area (Å²) in [6.07, 6.45) is 3.78. The van der Waals surface area contributed by atoms with Crippen molar-refractivity contribution >= 4 is 22.8 Å². The molecule has 1 aromatic heterocycles. The summed E-state index contributed by atoms with van der Waals surface area (Å²) in [7, 11) is 1.53. The van der Waals surface area contributed by atoms with E-state index in [1.165, 1.54) is 13.3 Å². The van der Waals surface area contributed by atoms with Crippen molar-refractivity contribution in [3.8, 4) is 5.75 Å². The smallest absolute Gasteiger partial charge is 0.517 e. The van der Waals surface area contributed by atoms with Crippen molar-refractivity contribution < 1.29 is 24.5 Å². The Morgan fingerprint density at radius 1 is 1.29 bits per heavy atom. The topological polar surface area (TPSA) is 121 Å². The maximum absolute atomic E-state index is 12.7. The summed E-state index contributed by atoms with van der Waals surface area (Å²) in [5, 5.41) is 19.7. The van der Waals surface area contributed by atoms with E-state index in [4.69, 9.17) is 9.84 Å². The van der Waals surface area contributed by atoms with Crippen LogP contribution in [0.4, 0.5) is 0 Å². The Bertz CT molecular complexity index is 919. The number of aromatic carboxylic acids is 1. The molecule has 2 aromatic rings. The summed E-state index contributed by atoms with van der Waals surface area (Å²) in [5.74, 6) is -1.29. The molecule has 0 aliphatic rings. The first-order valence-corrected chi connectivity index (χ1v) is 9.31. The highest BCUT2D eigenvalue weighted by Gasteiger charge is 2.18. The number of hydrogen-bond donors (Lipinski definition) is 2. The van der Waals surface area contributed by atoms with E-state index in [1.54, 1.807) is 10.6 Å². The number of nitrogens with zero attached hydrogens (tertiary/aromatic N) is 1. The highest BCUT2D eigenvalue weighted by Crippen LogP contribution is 2.27. The van der Waals surface area contributed by atoms with Gasteiger partial charge in [0.15, 0.2) is 0 Å². The standard InChI is InChI=1S/C20H26N2O6/c1-3-9-22-12-15(20(26)27)19(25)14-10-13(11-16(28-2)18(14)22)5-4-7-21-8-6-17(23)24/h10-12,21H,3-9H2,1-2H3,(H,23,24)(H,26,27)/p+1. The number of fused-ring (bicyclic) bond motifs is 1. The van der Waals surface area contributed by atoms with Gasteiger partial charge in [-0.2, -0.15) is 0 Å². The van der Waals surface area contributed by atoms with E-state index in [2.05, 4.69) is 5.32 Å². The Balaban J connectivity index is 2.34. The fourth-order valence-electron chi connectivity index (χ4n) is 3.17. The van der Waals surface area contributed by atoms with E-state index in [0.29, 0.717) is 42.7 Å². The van der Waals surface area contributed by atoms with E-state index >= 15 is 0 Å². The van der Waals surface area contributed by atoms with Crippen LogP contribution in [0, 0.1) is 0 Å². The zero-order valence-electron chi connectivity index (χ0n) is 16.2. The van der Waals surface area contributed by atoms with Gasteiger partial charge in [-0.3, -0.25) is 4.79 Å². The molecule has 0 spiro atoms. The Hall–Kier alpha value is -2.87. The number of carboxylic acids is 1. The minimum Gasteiger partial charge on any atom is -0.565 e. The van der Waals surface area contributed by atoms with Gasteiger partial charge in [-0.1, -0.05) is 6.92 Å². The second-order valence-electron chi connectivity index (χ2n) is 6.59. The first-order chi connectivity index (χ1) is 13.4. The summed E-state index contributed by atoms with van der Waals surface area (Å²) >= 11 is 0. The SMILES string of the molecule is CCCn1cc(C(=O)O)c(=O)c2cc(CCCNCCC(=O)[OH2+])cc(OC)c21. The fraction of sp³-hybridized carbons (Fsp3) is 0.450. The van der Waals surface area contributed by atoms with Gasteiger partial charge in [0.2, 0.25) is 5.43 Å². The summed E-state index contributed by atoms with van der Waals surface area (Å²) in [6.45, 7) is 3.69. The normalized spacial score (nSPS) is 10.9. The molecular formula is C20H27N2O6+. The minimum absolute atomic E-state index is 0.179. The highest BCUT2D eigenvalue weighted by atomic mass is 16.5. The van der Waals surface area contributed by atoms with Crippen LogP contribution in [0.3, 0.4) is 0 Å². The number of rotatable bonds is 11. The van der Waals surface area contributed by atoms with E-state index in [0.717, 1.165) is 18.4 Å². The van der Waals surface area contributed by atoms with Crippen LogP contribution >= 0.6 is 0 Å². The number of aromatic nitrogens is 1. The molecule has 0 saturated heterocycles. The molecule has 0 radical (unpaired) electrons. The Morgan fingerprint density at radius 2 is 2.04 bits per heavy atom. The van der Waals surface area contributed by atoms with E-state index < -0.39 is 17.4 Å². The van der Waals surface area contributed by atoms with Gasteiger partial charge in [0.25, 0.3) is 0 Å². The van der Waals surface area contributed by atoms with Crippen molar-refractivity contribution in [2.75, 3.05) is 20.2 Å². The first-order valence-electron chi connectivity index (χ1n) is 9.31. The number of benzene rings is 1. The van der Waals surface area contributed by atoms with Crippen LogP contribution in [-0.4, -0.2) is 46.9 Å². The summed E-state index contributed by atoms with van der Waals surface area (Å²) in [5.41, 5.74) is 0.726. The van der Waals surface area contributed by atoms with E-state index in [9.17, 15) is 19.5 Å². The summed E-state index contributed by atoms with van der Waals surface area (Å²) in [4.78, 5) is 34.8. The third kappa shape index (κ3) is 5.10. The number of pyridine rings is 1. The molecule has 1 heterocycles. The van der Waals surface area contributed by atoms with Gasteiger partial charge in [0.05, 0.1) is 18.0 Å². The predicted octanol–water partition coefficient (Wildman–Crippen LogP) is 1.28. The van der Waals surface area contributed by atoms with Crippen LogP contribution in [-0.2, 0) is 17.8 Å². The van der Waals surface area contributed by atoms with Crippen molar-refractivity contribution in [3.63, 3.8) is 0 Å². The first kappa shape index (κ1) is 21.4. The number of hydrogen-bond acceptors (Lipinski definition) is 5. The van der Waals surface area contributed by atoms with Crippen molar-refractivity contribution in [1.82, 2.24) is 9.88 Å². The van der Waals surface area contributed by atoms with Gasteiger partial charge in [-0.25, -0.2) is 4.79 Å². The zero-order chi connectivity index (χ0) is 20.7. The van der Waals surface area contributed by atoms with E-state index in [1.807, 2.05) is 13.0 Å². The number of carbonyl (C=O) groups is 2. The molecule has 0 unspecified atom stereocenters. The van der Waals surface area contributed by atoms with Crippen molar-refractivity contribution in [2.24, 2.45) is 0 Å². The molecule has 4 N–H and O–H groups in total. The third-order valence-corrected chi connectivity index (χ3v) is 4.46. The second-order valence-corrected chi connectivity index (χ2v) is 6.59. The van der Waals surface area contributed by atoms with Gasteiger partial charge in [-0.05, 0) is 43.5 Å². The quantitative estimate of drug-likeness (QED) is 0.440. The molecule has 8 nitrogen and oxygen atoms in total. The maximum Gasteiger partial charge on any atom is 0.517 e. The number of methoxy groups -OCH3 is 1. The maximum atomic E-state index is 12.7. The number of carboxylic acid groups (broad SMARTS) is 1. The molecule has 0 amide bonds. The Kier molecular flexibility index (Phi) is 7.57. The van der Waals surface area contributed by atoms with Crippen LogP contribution in [0.2, 0.25) is 0 Å². The second kappa shape index (κ2) is 9.89. The fourth-order valence-corrected chi connectivity index (χ4v) is 3.17. The van der Waals surface area contributed by atoms with E-state index in [-0.39, 0.29) is 12.0 Å². The lowest BCUT2D eigenvalue weighted by molar-refractivity contribution is -0.136. The largest absolute Gasteiger partial charge is 0.565 e. The molecule has 1 aromatic carbocycles. The van der Waals surface area contributed by atoms with Crippen molar-refractivity contribution in [2.45, 2.75) is 39.2 Å². The Morgan fingerprint density at radius 3 is 2.64 bits per heavy atom. The molecule has 0 bridgehead atoms. The summed E-state index contributed by atoms with van der Waals surface area (Å²) < 4.78 is 7.27. The molecule has 0 saturated carbocycles. The average Bonchev–Trinajstić information content (AvgIpc) is 2.65. The molecule has 0 aliphatic heterocycles. The Labute approximate surface area is 162 Å². The van der Waals surface area contributed by atoms with Crippen LogP contribution in [0.5, 0.6) is 5.75 Å². The van der Waals surface area contributed by atoms with Gasteiger partial charge >= 0.3 is 11.9 Å². The monoisotopic (exact) mass is 391 g/mol. The average molecular weight is 391 g/mol. The molecule has 28 heavy (non-hydrogen) atoms. The van der Waals surface area contributed by atoms with Crippen LogP contribution in [0.1, 0.15) is 42.1 Å². The third-order valence-electron chi connectivity index (χ3n) is 4.46. The number of aryl methyl sites for hydroxylation is 2. The van der Waals surface area contributed by atoms with Gasteiger partial charge in [0, 0.05) is 24.1 Å². The molecule has 152 valence electrons. The van der Waals surface area contributed by atoms with Crippen LogP contribution < -0.4 is 15.5 Å². The molecule has 0 aliphatic carbocycles. The van der Waals surface area contributed by atoms with Gasteiger partial charge < -0.3 is 24.8 Å². The molecule has 2 rings (SSSR count). The van der Waals surface area contributed by atoms with Gasteiger partial charge in [0.1, 0.15) is 17.7 Å². The molecule has 0 atom stereocenters. The predicted molar refractivity (Wildman–Crippen MR) is 106 cm³/mol. The van der Waals surface area contributed by atoms with Crippen molar-refractivity contribution in [1.29, 1.82) is 0 Å². The number of nitrogens with one attached hydrogen (secondary N) is 1. The van der Waals surface area contributed by atoms with Crippen LogP contribution in [0.15, 0.2) is 23.1 Å². The molecule has 0 fully saturated rings. The molecule has 8 heteroatoms. The lowest BCUT2D eigenvalue weighted by atomic mass is 10.0. The number of carbonyl (C=O) groups excluding carboxylic acids is 1. The summed E-state index contributed by atoms with van der Waals surface area (Å²) in [6, 6.07) is 3.62. The zero-order valence-corrected chi connectivity index (χ0v) is 16.2. The van der Waals surface area contributed by atoms with Gasteiger partial charge in [-0.15, -0.1) is 0 Å².